The second kappa shape index (κ2) is 11.4. The van der Waals surface area contributed by atoms with Gasteiger partial charge in [0.05, 0.1) is 35.9 Å². The van der Waals surface area contributed by atoms with Crippen molar-refractivity contribution in [3.8, 4) is 0 Å². The molecule has 1 amide bonds. The molecule has 1 aliphatic rings. The molecule has 2 aromatic rings. The Balaban J connectivity index is 1.79. The molecule has 0 spiro atoms. The van der Waals surface area contributed by atoms with E-state index in [1.807, 2.05) is 30.3 Å². The van der Waals surface area contributed by atoms with Crippen LogP contribution in [-0.2, 0) is 27.4 Å². The molecule has 0 saturated carbocycles. The third-order valence-corrected chi connectivity index (χ3v) is 6.42. The molecule has 0 radical (unpaired) electrons. The maximum absolute atomic E-state index is 13.3. The molecular formula is C26H31F6N3O2. The number of carbonyl (C=O) groups is 1. The molecule has 1 fully saturated rings. The van der Waals surface area contributed by atoms with Crippen LogP contribution in [-0.4, -0.2) is 50.6 Å². The van der Waals surface area contributed by atoms with Gasteiger partial charge in [0.25, 0.3) is 0 Å². The molecular weight excluding hydrogens is 500 g/mol. The van der Waals surface area contributed by atoms with Gasteiger partial charge in [-0.2, -0.15) is 26.3 Å². The molecule has 204 valence electrons. The van der Waals surface area contributed by atoms with Crippen LogP contribution in [0.2, 0.25) is 0 Å². The first-order valence-corrected chi connectivity index (χ1v) is 11.9. The van der Waals surface area contributed by atoms with Gasteiger partial charge in [-0.3, -0.25) is 4.79 Å². The zero-order valence-electron chi connectivity index (χ0n) is 20.8. The number of amides is 1. The first kappa shape index (κ1) is 28.9. The predicted molar refractivity (Wildman–Crippen MR) is 127 cm³/mol. The molecule has 11 heteroatoms. The Morgan fingerprint density at radius 2 is 1.68 bits per heavy atom. The van der Waals surface area contributed by atoms with Gasteiger partial charge in [-0.25, -0.2) is 0 Å². The highest BCUT2D eigenvalue weighted by Crippen LogP contribution is 2.39. The third-order valence-electron chi connectivity index (χ3n) is 6.42. The van der Waals surface area contributed by atoms with Crippen LogP contribution in [0, 0.1) is 0 Å². The number of nitrogens with zero attached hydrogens (tertiary/aromatic N) is 1. The van der Waals surface area contributed by atoms with Crippen molar-refractivity contribution in [1.29, 1.82) is 0 Å². The number of rotatable bonds is 8. The molecule has 1 heterocycles. The highest BCUT2D eigenvalue weighted by atomic mass is 19.4. The molecule has 37 heavy (non-hydrogen) atoms. The van der Waals surface area contributed by atoms with Crippen LogP contribution in [0.5, 0.6) is 0 Å². The summed E-state index contributed by atoms with van der Waals surface area (Å²) in [7, 11) is 3.58. The van der Waals surface area contributed by atoms with E-state index in [-0.39, 0.29) is 36.7 Å². The van der Waals surface area contributed by atoms with Crippen LogP contribution in [0.1, 0.15) is 48.1 Å². The number of alkyl halides is 6. The molecule has 0 unspecified atom stereocenters. The molecule has 0 aliphatic carbocycles. The van der Waals surface area contributed by atoms with Crippen molar-refractivity contribution in [1.82, 2.24) is 15.5 Å². The van der Waals surface area contributed by atoms with E-state index in [0.29, 0.717) is 31.5 Å². The fraction of sp³-hybridized carbons (Fsp3) is 0.500. The first-order valence-electron chi connectivity index (χ1n) is 11.9. The summed E-state index contributed by atoms with van der Waals surface area (Å²) in [6.07, 6.45) is -9.76. The molecule has 5 nitrogen and oxygen atoms in total. The summed E-state index contributed by atoms with van der Waals surface area (Å²) in [4.78, 5) is 13.9. The second-order valence-corrected chi connectivity index (χ2v) is 9.66. The fourth-order valence-electron chi connectivity index (χ4n) is 4.40. The minimum atomic E-state index is -4.93. The second-order valence-electron chi connectivity index (χ2n) is 9.66. The van der Waals surface area contributed by atoms with Gasteiger partial charge in [0.15, 0.2) is 0 Å². The lowest BCUT2D eigenvalue weighted by molar-refractivity contribution is -0.143. The number of nitrogens with one attached hydrogen (secondary N) is 2. The Hall–Kier alpha value is -2.63. The maximum atomic E-state index is 13.3. The zero-order chi connectivity index (χ0) is 27.4. The number of ether oxygens (including phenoxy) is 1. The topological polar surface area (TPSA) is 53.6 Å². The molecule has 0 bridgehead atoms. The van der Waals surface area contributed by atoms with Crippen LogP contribution in [0.3, 0.4) is 0 Å². The van der Waals surface area contributed by atoms with Crippen LogP contribution >= 0.6 is 0 Å². The van der Waals surface area contributed by atoms with E-state index in [1.165, 1.54) is 6.92 Å². The minimum absolute atomic E-state index is 0.00808. The van der Waals surface area contributed by atoms with Gasteiger partial charge in [0, 0.05) is 12.6 Å². The van der Waals surface area contributed by atoms with E-state index < -0.39 is 35.1 Å². The Morgan fingerprint density at radius 3 is 2.16 bits per heavy atom. The summed E-state index contributed by atoms with van der Waals surface area (Å²) >= 11 is 0. The smallest absolute Gasteiger partial charge is 0.372 e. The predicted octanol–water partition coefficient (Wildman–Crippen LogP) is 5.13. The lowest BCUT2D eigenvalue weighted by Crippen LogP contribution is -2.57. The van der Waals surface area contributed by atoms with E-state index in [9.17, 15) is 31.1 Å². The van der Waals surface area contributed by atoms with Crippen LogP contribution in [0.25, 0.3) is 0 Å². The summed E-state index contributed by atoms with van der Waals surface area (Å²) in [5.41, 5.74) is -2.82. The van der Waals surface area contributed by atoms with Crippen molar-refractivity contribution in [2.45, 2.75) is 49.8 Å². The van der Waals surface area contributed by atoms with Gasteiger partial charge in [-0.15, -0.1) is 0 Å². The van der Waals surface area contributed by atoms with Gasteiger partial charge >= 0.3 is 12.4 Å². The Kier molecular flexibility index (Phi) is 8.92. The van der Waals surface area contributed by atoms with E-state index in [2.05, 4.69) is 10.6 Å². The fourth-order valence-corrected chi connectivity index (χ4v) is 4.40. The first-order chi connectivity index (χ1) is 17.2. The van der Waals surface area contributed by atoms with Gasteiger partial charge in [0.2, 0.25) is 5.91 Å². The van der Waals surface area contributed by atoms with E-state index in [0.717, 1.165) is 5.56 Å². The normalized spacial score (nSPS) is 21.6. The number of hydrogen-bond donors (Lipinski definition) is 2. The van der Waals surface area contributed by atoms with Crippen molar-refractivity contribution < 1.29 is 35.9 Å². The molecule has 2 N–H and O–H groups in total. The quantitative estimate of drug-likeness (QED) is 0.464. The summed E-state index contributed by atoms with van der Waals surface area (Å²) in [6.45, 7) is 2.11. The van der Waals surface area contributed by atoms with Crippen molar-refractivity contribution in [3.05, 3.63) is 70.8 Å². The molecule has 3 atom stereocenters. The SMILES string of the molecule is C[C@@H](OC[C@@]1(c2ccccc2)CC[C@H](NC(=O)CN(C)C)CN1)c1cc(C(F)(F)F)cc(C(F)(F)F)c1. The number of hydrogen-bond acceptors (Lipinski definition) is 4. The zero-order valence-corrected chi connectivity index (χ0v) is 20.8. The molecule has 1 aliphatic heterocycles. The van der Waals surface area contributed by atoms with Crippen LogP contribution in [0.15, 0.2) is 48.5 Å². The Bertz CT molecular complexity index is 1020. The monoisotopic (exact) mass is 531 g/mol. The average molecular weight is 532 g/mol. The summed E-state index contributed by atoms with van der Waals surface area (Å²) in [5, 5.41) is 6.40. The van der Waals surface area contributed by atoms with Gasteiger partial charge in [0.1, 0.15) is 0 Å². The lowest BCUT2D eigenvalue weighted by atomic mass is 9.81. The molecule has 3 rings (SSSR count). The van der Waals surface area contributed by atoms with Gasteiger partial charge in [-0.1, -0.05) is 30.3 Å². The van der Waals surface area contributed by atoms with Gasteiger partial charge in [-0.05, 0) is 63.2 Å². The lowest BCUT2D eigenvalue weighted by Gasteiger charge is -2.42. The number of piperidine rings is 1. The van der Waals surface area contributed by atoms with E-state index >= 15 is 0 Å². The standard InChI is InChI=1S/C26H31F6N3O2/c1-17(18-11-20(25(27,28)29)13-21(12-18)26(30,31)32)37-16-24(19-7-5-4-6-8-19)10-9-22(14-33-24)34-23(36)15-35(2)3/h4-8,11-13,17,22,33H,9-10,14-16H2,1-3H3,(H,34,36)/t17-,22+,24-/m1/s1. The Labute approximate surface area is 212 Å². The van der Waals surface area contributed by atoms with Crippen molar-refractivity contribution in [2.75, 3.05) is 33.8 Å². The Morgan fingerprint density at radius 1 is 1.08 bits per heavy atom. The highest BCUT2D eigenvalue weighted by Gasteiger charge is 2.39. The summed E-state index contributed by atoms with van der Waals surface area (Å²) in [5.74, 6) is -0.112. The average Bonchev–Trinajstić information content (AvgIpc) is 2.82. The number of carbonyl (C=O) groups excluding carboxylic acids is 1. The molecule has 2 aromatic carbocycles. The van der Waals surface area contributed by atoms with Crippen molar-refractivity contribution >= 4 is 5.91 Å². The number of likely N-dealkylation sites (N-methyl/N-ethyl adjacent to an activating group) is 1. The van der Waals surface area contributed by atoms with Gasteiger partial charge < -0.3 is 20.3 Å². The number of benzene rings is 2. The van der Waals surface area contributed by atoms with Crippen molar-refractivity contribution in [2.24, 2.45) is 0 Å². The highest BCUT2D eigenvalue weighted by molar-refractivity contribution is 5.78. The van der Waals surface area contributed by atoms with Crippen LogP contribution in [0.4, 0.5) is 26.3 Å². The summed E-state index contributed by atoms with van der Waals surface area (Å²) < 4.78 is 85.8. The maximum Gasteiger partial charge on any atom is 0.416 e. The largest absolute Gasteiger partial charge is 0.416 e. The number of halogens is 6. The van der Waals surface area contributed by atoms with Crippen LogP contribution < -0.4 is 10.6 Å². The summed E-state index contributed by atoms with van der Waals surface area (Å²) in [6, 6.07) is 10.7. The molecule has 0 aromatic heterocycles. The third kappa shape index (κ3) is 7.68. The van der Waals surface area contributed by atoms with E-state index in [4.69, 9.17) is 4.74 Å². The minimum Gasteiger partial charge on any atom is -0.372 e. The molecule has 1 saturated heterocycles. The van der Waals surface area contributed by atoms with Crippen molar-refractivity contribution in [3.63, 3.8) is 0 Å². The van der Waals surface area contributed by atoms with E-state index in [1.54, 1.807) is 19.0 Å².